The van der Waals surface area contributed by atoms with Crippen LogP contribution in [0.5, 0.6) is 5.75 Å². The van der Waals surface area contributed by atoms with Crippen molar-refractivity contribution < 1.29 is 23.8 Å². The average Bonchev–Trinajstić information content (AvgIpc) is 2.41. The lowest BCUT2D eigenvalue weighted by Crippen LogP contribution is -2.27. The van der Waals surface area contributed by atoms with Crippen LogP contribution >= 0.6 is 0 Å². The second-order valence-electron chi connectivity index (χ2n) is 6.80. The van der Waals surface area contributed by atoms with E-state index in [0.29, 0.717) is 16.9 Å². The molecule has 0 bridgehead atoms. The van der Waals surface area contributed by atoms with E-state index in [4.69, 9.17) is 14.2 Å². The quantitative estimate of drug-likeness (QED) is 0.587. The van der Waals surface area contributed by atoms with E-state index in [2.05, 4.69) is 6.58 Å². The molecule has 0 N–H and O–H groups in total. The fraction of sp³-hybridized carbons (Fsp3) is 0.474. The predicted octanol–water partition coefficient (Wildman–Crippen LogP) is 3.64. The van der Waals surface area contributed by atoms with E-state index in [1.165, 1.54) is 0 Å². The molecule has 0 spiro atoms. The van der Waals surface area contributed by atoms with Crippen LogP contribution in [0, 0.1) is 13.8 Å². The molecule has 1 aromatic carbocycles. The standard InChI is InChI=1S/C19H26O5/c1-12(2)18(21)23-10-15-9-13(3)8-14(4)17(15)22-11-16(20)24-19(5,6)7/h8-9H,1,10-11H2,2-7H3. The third-order valence-corrected chi connectivity index (χ3v) is 2.96. The van der Waals surface area contributed by atoms with Crippen LogP contribution in [-0.4, -0.2) is 24.1 Å². The van der Waals surface area contributed by atoms with Crippen LogP contribution in [0.3, 0.4) is 0 Å². The first-order valence-electron chi connectivity index (χ1n) is 7.77. The highest BCUT2D eigenvalue weighted by Crippen LogP contribution is 2.26. The number of hydrogen-bond donors (Lipinski definition) is 0. The smallest absolute Gasteiger partial charge is 0.344 e. The summed E-state index contributed by atoms with van der Waals surface area (Å²) in [6.07, 6.45) is 0. The summed E-state index contributed by atoms with van der Waals surface area (Å²) in [5, 5.41) is 0. The van der Waals surface area contributed by atoms with Crippen LogP contribution in [-0.2, 0) is 25.7 Å². The molecule has 0 aliphatic carbocycles. The van der Waals surface area contributed by atoms with Crippen molar-refractivity contribution in [2.45, 2.75) is 53.8 Å². The van der Waals surface area contributed by atoms with E-state index in [0.717, 1.165) is 11.1 Å². The first-order chi connectivity index (χ1) is 11.0. The highest BCUT2D eigenvalue weighted by molar-refractivity contribution is 5.86. The molecule has 0 aliphatic rings. The van der Waals surface area contributed by atoms with E-state index in [-0.39, 0.29) is 13.2 Å². The first kappa shape index (κ1) is 19.7. The normalized spacial score (nSPS) is 10.9. The third-order valence-electron chi connectivity index (χ3n) is 2.96. The molecule has 1 aromatic rings. The van der Waals surface area contributed by atoms with Gasteiger partial charge in [-0.15, -0.1) is 0 Å². The Hall–Kier alpha value is -2.30. The van der Waals surface area contributed by atoms with Crippen LogP contribution in [0.2, 0.25) is 0 Å². The minimum absolute atomic E-state index is 0.0534. The lowest BCUT2D eigenvalue weighted by molar-refractivity contribution is -0.157. The zero-order chi connectivity index (χ0) is 18.5. The summed E-state index contributed by atoms with van der Waals surface area (Å²) in [7, 11) is 0. The Bertz CT molecular complexity index is 638. The highest BCUT2D eigenvalue weighted by atomic mass is 16.6. The number of aryl methyl sites for hydroxylation is 2. The van der Waals surface area contributed by atoms with Gasteiger partial charge < -0.3 is 14.2 Å². The fourth-order valence-corrected chi connectivity index (χ4v) is 2.12. The summed E-state index contributed by atoms with van der Waals surface area (Å²) in [6, 6.07) is 3.80. The summed E-state index contributed by atoms with van der Waals surface area (Å²) in [6.45, 7) is 14.2. The zero-order valence-corrected chi connectivity index (χ0v) is 15.3. The Morgan fingerprint density at radius 1 is 1.17 bits per heavy atom. The van der Waals surface area contributed by atoms with Gasteiger partial charge in [-0.1, -0.05) is 18.2 Å². The number of esters is 2. The number of ether oxygens (including phenoxy) is 3. The van der Waals surface area contributed by atoms with Gasteiger partial charge in [0.15, 0.2) is 6.61 Å². The fourth-order valence-electron chi connectivity index (χ4n) is 2.12. The summed E-state index contributed by atoms with van der Waals surface area (Å²) in [4.78, 5) is 23.4. The average molecular weight is 334 g/mol. The van der Waals surface area contributed by atoms with Gasteiger partial charge in [0.05, 0.1) is 0 Å². The van der Waals surface area contributed by atoms with Crippen LogP contribution in [0.4, 0.5) is 0 Å². The molecule has 0 saturated carbocycles. The van der Waals surface area contributed by atoms with Crippen LogP contribution in [0.25, 0.3) is 0 Å². The molecule has 0 aromatic heterocycles. The summed E-state index contributed by atoms with van der Waals surface area (Å²) in [5.74, 6) is -0.388. The predicted molar refractivity (Wildman–Crippen MR) is 91.9 cm³/mol. The lowest BCUT2D eigenvalue weighted by atomic mass is 10.1. The molecule has 5 heteroatoms. The molecular weight excluding hydrogens is 308 g/mol. The minimum Gasteiger partial charge on any atom is -0.481 e. The molecule has 132 valence electrons. The van der Waals surface area contributed by atoms with Gasteiger partial charge in [-0.25, -0.2) is 9.59 Å². The number of carbonyl (C=O) groups excluding carboxylic acids is 2. The Balaban J connectivity index is 2.87. The van der Waals surface area contributed by atoms with Crippen molar-refractivity contribution in [3.63, 3.8) is 0 Å². The molecule has 24 heavy (non-hydrogen) atoms. The van der Waals surface area contributed by atoms with Gasteiger partial charge >= 0.3 is 11.9 Å². The van der Waals surface area contributed by atoms with E-state index in [1.807, 2.05) is 26.0 Å². The Kier molecular flexibility index (Phi) is 6.58. The van der Waals surface area contributed by atoms with Gasteiger partial charge in [0.2, 0.25) is 0 Å². The summed E-state index contributed by atoms with van der Waals surface area (Å²) in [5.41, 5.74) is 2.34. The van der Waals surface area contributed by atoms with E-state index in [9.17, 15) is 9.59 Å². The number of rotatable bonds is 6. The topological polar surface area (TPSA) is 61.8 Å². The maximum atomic E-state index is 11.8. The maximum absolute atomic E-state index is 11.8. The molecule has 0 unspecified atom stereocenters. The molecule has 0 fully saturated rings. The first-order valence-corrected chi connectivity index (χ1v) is 7.77. The molecule has 1 rings (SSSR count). The third kappa shape index (κ3) is 6.44. The van der Waals surface area contributed by atoms with Gasteiger partial charge in [-0.2, -0.15) is 0 Å². The molecule has 0 aliphatic heterocycles. The van der Waals surface area contributed by atoms with Gasteiger partial charge in [0.25, 0.3) is 0 Å². The molecule has 0 amide bonds. The monoisotopic (exact) mass is 334 g/mol. The van der Waals surface area contributed by atoms with Crippen molar-refractivity contribution in [2.24, 2.45) is 0 Å². The number of hydrogen-bond acceptors (Lipinski definition) is 5. The van der Waals surface area contributed by atoms with E-state index < -0.39 is 17.5 Å². The van der Waals surface area contributed by atoms with E-state index in [1.54, 1.807) is 27.7 Å². The van der Waals surface area contributed by atoms with Crippen molar-refractivity contribution in [3.8, 4) is 5.75 Å². The largest absolute Gasteiger partial charge is 0.481 e. The molecule has 0 heterocycles. The molecule has 5 nitrogen and oxygen atoms in total. The van der Waals surface area contributed by atoms with Gasteiger partial charge in [0.1, 0.15) is 18.0 Å². The van der Waals surface area contributed by atoms with E-state index >= 15 is 0 Å². The number of carbonyl (C=O) groups is 2. The zero-order valence-electron chi connectivity index (χ0n) is 15.3. The van der Waals surface area contributed by atoms with Crippen LogP contribution in [0.1, 0.15) is 44.4 Å². The SMILES string of the molecule is C=C(C)C(=O)OCc1cc(C)cc(C)c1OCC(=O)OC(C)(C)C. The molecule has 0 saturated heterocycles. The minimum atomic E-state index is -0.567. The molecule has 0 radical (unpaired) electrons. The van der Waals surface area contributed by atoms with Crippen molar-refractivity contribution in [2.75, 3.05) is 6.61 Å². The van der Waals surface area contributed by atoms with Crippen molar-refractivity contribution in [1.29, 1.82) is 0 Å². The second-order valence-corrected chi connectivity index (χ2v) is 6.80. The summed E-state index contributed by atoms with van der Waals surface area (Å²) >= 11 is 0. The van der Waals surface area contributed by atoms with Crippen molar-refractivity contribution in [1.82, 2.24) is 0 Å². The van der Waals surface area contributed by atoms with Crippen molar-refractivity contribution in [3.05, 3.63) is 41.0 Å². The Morgan fingerprint density at radius 3 is 2.33 bits per heavy atom. The van der Waals surface area contributed by atoms with Crippen LogP contribution < -0.4 is 4.74 Å². The second kappa shape index (κ2) is 7.99. The Morgan fingerprint density at radius 2 is 1.79 bits per heavy atom. The number of benzene rings is 1. The lowest BCUT2D eigenvalue weighted by Gasteiger charge is -2.20. The molecule has 0 atom stereocenters. The van der Waals surface area contributed by atoms with Gasteiger partial charge in [-0.3, -0.25) is 0 Å². The van der Waals surface area contributed by atoms with Crippen molar-refractivity contribution >= 4 is 11.9 Å². The Labute approximate surface area is 143 Å². The summed E-state index contributed by atoms with van der Waals surface area (Å²) < 4.78 is 16.1. The van der Waals surface area contributed by atoms with Gasteiger partial charge in [0, 0.05) is 11.1 Å². The molecular formula is C19H26O5. The van der Waals surface area contributed by atoms with Crippen LogP contribution in [0.15, 0.2) is 24.3 Å². The highest BCUT2D eigenvalue weighted by Gasteiger charge is 2.18. The van der Waals surface area contributed by atoms with Gasteiger partial charge in [-0.05, 0) is 53.2 Å². The maximum Gasteiger partial charge on any atom is 0.344 e.